The van der Waals surface area contributed by atoms with Crippen LogP contribution >= 0.6 is 0 Å². The van der Waals surface area contributed by atoms with E-state index in [1.54, 1.807) is 0 Å². The van der Waals surface area contributed by atoms with Gasteiger partial charge in [-0.3, -0.25) is 9.59 Å². The SMILES string of the molecule is CCCCCC(=O)OCC.CCCCCCCC(=O)O.[PbH2].[PbH2]. The molecule has 1 N–H and O–H groups in total. The molecule has 0 saturated carbocycles. The summed E-state index contributed by atoms with van der Waals surface area (Å²) in [5, 5.41) is 8.27. The molecule has 4 radical (unpaired) electrons. The molecule has 132 valence electrons. The van der Waals surface area contributed by atoms with Crippen molar-refractivity contribution < 1.29 is 19.4 Å². The molecule has 0 heterocycles. The van der Waals surface area contributed by atoms with Gasteiger partial charge in [-0.05, 0) is 19.8 Å². The standard InChI is InChI=1S/2C8H16O2.2Pb.4H/c1-3-5-6-7-8(9)10-4-2;1-2-3-4-5-6-7-8(9)10;;;;;;/h3-7H2,1-2H3;2-7H2,1H3,(H,9,10);;;;;;. The van der Waals surface area contributed by atoms with E-state index >= 15 is 0 Å². The Morgan fingerprint density at radius 3 is 1.68 bits per heavy atom. The molecule has 0 aromatic heterocycles. The Bertz CT molecular complexity index is 236. The summed E-state index contributed by atoms with van der Waals surface area (Å²) >= 11 is 0. The first-order valence-corrected chi connectivity index (χ1v) is 7.95. The molecule has 0 aliphatic carbocycles. The van der Waals surface area contributed by atoms with Gasteiger partial charge in [0, 0.05) is 12.8 Å². The van der Waals surface area contributed by atoms with Crippen LogP contribution in [0.1, 0.15) is 85.0 Å². The summed E-state index contributed by atoms with van der Waals surface area (Å²) in [6, 6.07) is 0. The number of aliphatic carboxylic acids is 1. The molecule has 22 heavy (non-hydrogen) atoms. The number of carboxylic acid groups (broad SMARTS) is 1. The van der Waals surface area contributed by atoms with Crippen molar-refractivity contribution in [2.24, 2.45) is 0 Å². The van der Waals surface area contributed by atoms with Gasteiger partial charge >= 0.3 is 66.5 Å². The van der Waals surface area contributed by atoms with Crippen molar-refractivity contribution in [3.8, 4) is 0 Å². The maximum atomic E-state index is 10.7. The van der Waals surface area contributed by atoms with Gasteiger partial charge in [0.05, 0.1) is 6.61 Å². The first-order chi connectivity index (χ1) is 9.58. The average molecular weight is 707 g/mol. The van der Waals surface area contributed by atoms with E-state index in [0.29, 0.717) is 19.4 Å². The Balaban J connectivity index is -0.000000135. The van der Waals surface area contributed by atoms with Gasteiger partial charge in [-0.25, -0.2) is 0 Å². The van der Waals surface area contributed by atoms with E-state index in [2.05, 4.69) is 13.8 Å². The molecule has 0 aromatic carbocycles. The predicted molar refractivity (Wildman–Crippen MR) is 98.9 cm³/mol. The van der Waals surface area contributed by atoms with E-state index in [-0.39, 0.29) is 60.6 Å². The van der Waals surface area contributed by atoms with Crippen molar-refractivity contribution >= 4 is 66.5 Å². The first kappa shape index (κ1) is 30.6. The second kappa shape index (κ2) is 26.7. The third kappa shape index (κ3) is 32.7. The summed E-state index contributed by atoms with van der Waals surface area (Å²) in [6.07, 6.45) is 9.71. The Kier molecular flexibility index (Phi) is 37.1. The maximum absolute atomic E-state index is 10.7. The van der Waals surface area contributed by atoms with Gasteiger partial charge in [0.1, 0.15) is 0 Å². The zero-order chi connectivity index (χ0) is 15.6. The zero-order valence-electron chi connectivity index (χ0n) is 14.9. The number of carbonyl (C=O) groups is 2. The van der Waals surface area contributed by atoms with Crippen LogP contribution in [-0.2, 0) is 14.3 Å². The van der Waals surface area contributed by atoms with Crippen LogP contribution in [0.5, 0.6) is 0 Å². The fraction of sp³-hybridized carbons (Fsp3) is 0.875. The van der Waals surface area contributed by atoms with E-state index < -0.39 is 5.97 Å². The molecule has 0 fully saturated rings. The Hall–Kier alpha value is 0.784. The number of hydrogen-bond acceptors (Lipinski definition) is 3. The van der Waals surface area contributed by atoms with Crippen LogP contribution in [0.4, 0.5) is 0 Å². The van der Waals surface area contributed by atoms with Crippen molar-refractivity contribution in [3.63, 3.8) is 0 Å². The van der Waals surface area contributed by atoms with Crippen LogP contribution in [-0.4, -0.2) is 78.2 Å². The minimum atomic E-state index is -0.670. The molecule has 0 saturated heterocycles. The molecule has 0 bridgehead atoms. The molecular weight excluding hydrogens is 671 g/mol. The summed E-state index contributed by atoms with van der Waals surface area (Å²) in [4.78, 5) is 20.7. The summed E-state index contributed by atoms with van der Waals surface area (Å²) in [7, 11) is 0. The van der Waals surface area contributed by atoms with E-state index in [4.69, 9.17) is 9.84 Å². The van der Waals surface area contributed by atoms with Crippen LogP contribution in [0.15, 0.2) is 0 Å². The predicted octanol–water partition coefficient (Wildman–Crippen LogP) is 2.73. The molecule has 0 amide bonds. The Morgan fingerprint density at radius 1 is 0.773 bits per heavy atom. The van der Waals surface area contributed by atoms with Crippen LogP contribution in [0.3, 0.4) is 0 Å². The van der Waals surface area contributed by atoms with Crippen LogP contribution in [0, 0.1) is 0 Å². The van der Waals surface area contributed by atoms with Gasteiger partial charge in [0.15, 0.2) is 0 Å². The molecule has 0 spiro atoms. The summed E-state index contributed by atoms with van der Waals surface area (Å²) < 4.78 is 4.75. The number of unbranched alkanes of at least 4 members (excludes halogenated alkanes) is 6. The quantitative estimate of drug-likeness (QED) is 0.204. The molecule has 0 aliphatic heterocycles. The number of esters is 1. The number of rotatable bonds is 11. The summed E-state index contributed by atoms with van der Waals surface area (Å²) in [6.45, 7) is 6.60. The number of ether oxygens (including phenoxy) is 1. The van der Waals surface area contributed by atoms with Crippen LogP contribution in [0.25, 0.3) is 0 Å². The molecule has 0 atom stereocenters. The Morgan fingerprint density at radius 2 is 1.23 bits per heavy atom. The molecule has 6 heteroatoms. The van der Waals surface area contributed by atoms with Crippen molar-refractivity contribution in [2.75, 3.05) is 6.61 Å². The number of carboxylic acids is 1. The molecule has 0 rings (SSSR count). The summed E-state index contributed by atoms with van der Waals surface area (Å²) in [5.41, 5.74) is 0. The van der Waals surface area contributed by atoms with Crippen molar-refractivity contribution in [1.29, 1.82) is 0 Å². The number of carbonyl (C=O) groups excluding carboxylic acids is 1. The fourth-order valence-electron chi connectivity index (χ4n) is 1.63. The third-order valence-corrected chi connectivity index (χ3v) is 2.78. The van der Waals surface area contributed by atoms with E-state index in [9.17, 15) is 9.59 Å². The van der Waals surface area contributed by atoms with Crippen LogP contribution < -0.4 is 0 Å². The third-order valence-electron chi connectivity index (χ3n) is 2.78. The van der Waals surface area contributed by atoms with Crippen molar-refractivity contribution in [3.05, 3.63) is 0 Å². The monoisotopic (exact) mass is 708 g/mol. The first-order valence-electron chi connectivity index (χ1n) is 7.95. The molecule has 4 nitrogen and oxygen atoms in total. The van der Waals surface area contributed by atoms with Crippen LogP contribution in [0.2, 0.25) is 0 Å². The van der Waals surface area contributed by atoms with E-state index in [1.807, 2.05) is 6.92 Å². The van der Waals surface area contributed by atoms with Gasteiger partial charge in [-0.2, -0.15) is 0 Å². The number of hydrogen-bond donors (Lipinski definition) is 1. The molecule has 0 aromatic rings. The normalized spacial score (nSPS) is 8.68. The van der Waals surface area contributed by atoms with Gasteiger partial charge in [-0.15, -0.1) is 0 Å². The Labute approximate surface area is 176 Å². The van der Waals surface area contributed by atoms with Gasteiger partial charge < -0.3 is 9.84 Å². The molecule has 0 unspecified atom stereocenters. The molecular formula is C16H36O4Pb2. The van der Waals surface area contributed by atoms with Gasteiger partial charge in [0.25, 0.3) is 0 Å². The zero-order valence-corrected chi connectivity index (χ0v) is 25.9. The second-order valence-corrected chi connectivity index (χ2v) is 4.82. The fourth-order valence-corrected chi connectivity index (χ4v) is 1.63. The van der Waals surface area contributed by atoms with Crippen molar-refractivity contribution in [2.45, 2.75) is 85.0 Å². The van der Waals surface area contributed by atoms with Gasteiger partial charge in [-0.1, -0.05) is 52.4 Å². The average Bonchev–Trinajstić information content (AvgIpc) is 2.39. The topological polar surface area (TPSA) is 63.6 Å². The van der Waals surface area contributed by atoms with Crippen molar-refractivity contribution in [1.82, 2.24) is 0 Å². The molecule has 0 aliphatic rings. The van der Waals surface area contributed by atoms with Gasteiger partial charge in [0.2, 0.25) is 0 Å². The summed E-state index contributed by atoms with van der Waals surface area (Å²) in [5.74, 6) is -0.729. The second-order valence-electron chi connectivity index (χ2n) is 4.82. The minimum absolute atomic E-state index is 0. The van der Waals surface area contributed by atoms with E-state index in [1.165, 1.54) is 19.3 Å². The van der Waals surface area contributed by atoms with E-state index in [0.717, 1.165) is 32.1 Å².